The average Bonchev–Trinajstić information content (AvgIpc) is 3.25. The second-order valence-electron chi connectivity index (χ2n) is 7.07. The van der Waals surface area contributed by atoms with E-state index in [4.69, 9.17) is 21.7 Å². The highest BCUT2D eigenvalue weighted by atomic mass is 32.1. The van der Waals surface area contributed by atoms with Gasteiger partial charge in [-0.3, -0.25) is 4.98 Å². The van der Waals surface area contributed by atoms with Gasteiger partial charge >= 0.3 is 0 Å². The van der Waals surface area contributed by atoms with Crippen molar-refractivity contribution in [3.8, 4) is 11.5 Å². The third-order valence-electron chi connectivity index (χ3n) is 5.25. The summed E-state index contributed by atoms with van der Waals surface area (Å²) >= 11 is 5.79. The van der Waals surface area contributed by atoms with Crippen LogP contribution in [0.15, 0.2) is 48.7 Å². The summed E-state index contributed by atoms with van der Waals surface area (Å²) in [5, 5.41) is 4.11. The molecule has 1 aromatic carbocycles. The van der Waals surface area contributed by atoms with E-state index >= 15 is 0 Å². The van der Waals surface area contributed by atoms with E-state index in [1.165, 1.54) is 5.56 Å². The van der Waals surface area contributed by atoms with E-state index in [-0.39, 0.29) is 12.1 Å². The van der Waals surface area contributed by atoms with Crippen LogP contribution in [0.2, 0.25) is 0 Å². The van der Waals surface area contributed by atoms with Crippen LogP contribution >= 0.6 is 12.2 Å². The molecule has 0 bridgehead atoms. The number of nitrogens with zero attached hydrogens (tertiary/aromatic N) is 2. The van der Waals surface area contributed by atoms with Crippen LogP contribution in [0.3, 0.4) is 0 Å². The number of aromatic amines is 1. The van der Waals surface area contributed by atoms with Gasteiger partial charge in [-0.15, -0.1) is 0 Å². The van der Waals surface area contributed by atoms with Gasteiger partial charge in [-0.25, -0.2) is 0 Å². The predicted molar refractivity (Wildman–Crippen MR) is 118 cm³/mol. The molecular weight excluding hydrogens is 384 g/mol. The van der Waals surface area contributed by atoms with E-state index in [1.807, 2.05) is 42.6 Å². The predicted octanol–water partition coefficient (Wildman–Crippen LogP) is 4.22. The molecule has 150 valence electrons. The first-order valence-corrected chi connectivity index (χ1v) is 9.83. The Kier molecular flexibility index (Phi) is 5.15. The molecule has 3 aromatic rings. The third kappa shape index (κ3) is 3.42. The standard InChI is InChI=1S/C22H24N4O2S/c1-13-11-16(14(2)24-13)21-20(17-7-5-6-10-23-17)25-22(29)26(21)18-9-8-15(27-3)12-19(18)28-4/h5-12,20-21,24H,1-4H3,(H,25,29). The highest BCUT2D eigenvalue weighted by Gasteiger charge is 2.42. The number of anilines is 1. The quantitative estimate of drug-likeness (QED) is 0.617. The molecule has 2 unspecified atom stereocenters. The van der Waals surface area contributed by atoms with Crippen LogP contribution in [0.5, 0.6) is 11.5 Å². The Hall–Kier alpha value is -3.06. The fourth-order valence-corrected chi connectivity index (χ4v) is 4.31. The molecule has 7 heteroatoms. The molecule has 4 rings (SSSR count). The Morgan fingerprint density at radius 3 is 2.52 bits per heavy atom. The lowest BCUT2D eigenvalue weighted by molar-refractivity contribution is 0.394. The largest absolute Gasteiger partial charge is 0.497 e. The minimum absolute atomic E-state index is 0.0790. The monoisotopic (exact) mass is 408 g/mol. The molecule has 1 aliphatic heterocycles. The highest BCUT2D eigenvalue weighted by Crippen LogP contribution is 2.46. The molecular formula is C22H24N4O2S. The van der Waals surface area contributed by atoms with E-state index in [9.17, 15) is 0 Å². The summed E-state index contributed by atoms with van der Waals surface area (Å²) in [5.41, 5.74) is 5.21. The number of benzene rings is 1. The fourth-order valence-electron chi connectivity index (χ4n) is 3.97. The van der Waals surface area contributed by atoms with Crippen molar-refractivity contribution >= 4 is 23.0 Å². The molecule has 0 spiro atoms. The van der Waals surface area contributed by atoms with Gasteiger partial charge in [0.1, 0.15) is 11.5 Å². The van der Waals surface area contributed by atoms with Gasteiger partial charge in [0, 0.05) is 23.7 Å². The van der Waals surface area contributed by atoms with Crippen molar-refractivity contribution < 1.29 is 9.47 Å². The lowest BCUT2D eigenvalue weighted by atomic mass is 9.96. The molecule has 2 N–H and O–H groups in total. The molecule has 2 aromatic heterocycles. The maximum absolute atomic E-state index is 5.79. The zero-order valence-corrected chi connectivity index (χ0v) is 17.7. The summed E-state index contributed by atoms with van der Waals surface area (Å²) in [6, 6.07) is 13.7. The van der Waals surface area contributed by atoms with Crippen LogP contribution < -0.4 is 19.7 Å². The molecule has 0 radical (unpaired) electrons. The van der Waals surface area contributed by atoms with Crippen LogP contribution in [-0.4, -0.2) is 29.3 Å². The number of hydrogen-bond donors (Lipinski definition) is 2. The van der Waals surface area contributed by atoms with Gasteiger partial charge in [0.15, 0.2) is 5.11 Å². The molecule has 1 aliphatic rings. The Bertz CT molecular complexity index is 1030. The molecule has 0 amide bonds. The van der Waals surface area contributed by atoms with E-state index in [0.29, 0.717) is 10.9 Å². The number of hydrogen-bond acceptors (Lipinski definition) is 4. The van der Waals surface area contributed by atoms with Crippen molar-refractivity contribution in [1.29, 1.82) is 0 Å². The number of H-pyrrole nitrogens is 1. The van der Waals surface area contributed by atoms with Crippen molar-refractivity contribution in [2.45, 2.75) is 25.9 Å². The maximum atomic E-state index is 5.79. The molecule has 0 saturated carbocycles. The van der Waals surface area contributed by atoms with Crippen molar-refractivity contribution in [3.63, 3.8) is 0 Å². The normalized spacial score (nSPS) is 18.6. The maximum Gasteiger partial charge on any atom is 0.174 e. The van der Waals surface area contributed by atoms with Crippen molar-refractivity contribution in [3.05, 3.63) is 71.3 Å². The smallest absolute Gasteiger partial charge is 0.174 e. The van der Waals surface area contributed by atoms with Gasteiger partial charge in [-0.1, -0.05) is 6.07 Å². The molecule has 2 atom stereocenters. The van der Waals surface area contributed by atoms with Gasteiger partial charge < -0.3 is 24.7 Å². The Labute approximate surface area is 175 Å². The van der Waals surface area contributed by atoms with E-state index in [1.54, 1.807) is 14.2 Å². The lowest BCUT2D eigenvalue weighted by Gasteiger charge is -2.29. The van der Waals surface area contributed by atoms with E-state index in [2.05, 4.69) is 40.1 Å². The zero-order valence-electron chi connectivity index (χ0n) is 16.9. The summed E-state index contributed by atoms with van der Waals surface area (Å²) < 4.78 is 11.0. The number of thiocarbonyl (C=S) groups is 1. The molecule has 0 aliphatic carbocycles. The zero-order chi connectivity index (χ0) is 20.5. The second kappa shape index (κ2) is 7.75. The molecule has 29 heavy (non-hydrogen) atoms. The Morgan fingerprint density at radius 1 is 1.07 bits per heavy atom. The van der Waals surface area contributed by atoms with Crippen molar-refractivity contribution in [2.75, 3.05) is 19.1 Å². The molecule has 1 fully saturated rings. The number of nitrogens with one attached hydrogen (secondary N) is 2. The topological polar surface area (TPSA) is 62.4 Å². The highest BCUT2D eigenvalue weighted by molar-refractivity contribution is 7.80. The van der Waals surface area contributed by atoms with Crippen LogP contribution in [0, 0.1) is 13.8 Å². The second-order valence-corrected chi connectivity index (χ2v) is 7.45. The van der Waals surface area contributed by atoms with Crippen LogP contribution in [0.1, 0.15) is 34.7 Å². The SMILES string of the molecule is COc1ccc(N2C(=S)NC(c3ccccn3)C2c2cc(C)[nH]c2C)c(OC)c1. The lowest BCUT2D eigenvalue weighted by Crippen LogP contribution is -2.29. The summed E-state index contributed by atoms with van der Waals surface area (Å²) in [4.78, 5) is 10.1. The van der Waals surface area contributed by atoms with Gasteiger partial charge in [0.2, 0.25) is 0 Å². The molecule has 1 saturated heterocycles. The van der Waals surface area contributed by atoms with Crippen molar-refractivity contribution in [1.82, 2.24) is 15.3 Å². The van der Waals surface area contributed by atoms with Crippen LogP contribution in [0.25, 0.3) is 0 Å². The number of rotatable bonds is 5. The average molecular weight is 409 g/mol. The Balaban J connectivity index is 1.88. The first-order chi connectivity index (χ1) is 14.0. The van der Waals surface area contributed by atoms with Crippen LogP contribution in [-0.2, 0) is 0 Å². The first-order valence-electron chi connectivity index (χ1n) is 9.42. The fraction of sp³-hybridized carbons (Fsp3) is 0.273. The van der Waals surface area contributed by atoms with E-state index < -0.39 is 0 Å². The van der Waals surface area contributed by atoms with Crippen LogP contribution in [0.4, 0.5) is 5.69 Å². The molecule has 3 heterocycles. The molecule has 6 nitrogen and oxygen atoms in total. The number of aromatic nitrogens is 2. The summed E-state index contributed by atoms with van der Waals surface area (Å²) in [6.45, 7) is 4.15. The summed E-state index contributed by atoms with van der Waals surface area (Å²) in [5.74, 6) is 1.43. The summed E-state index contributed by atoms with van der Waals surface area (Å²) in [7, 11) is 3.30. The minimum atomic E-state index is -0.0931. The van der Waals surface area contributed by atoms with Crippen molar-refractivity contribution in [2.24, 2.45) is 0 Å². The van der Waals surface area contributed by atoms with Gasteiger partial charge in [-0.2, -0.15) is 0 Å². The minimum Gasteiger partial charge on any atom is -0.497 e. The van der Waals surface area contributed by atoms with E-state index in [0.717, 1.165) is 28.5 Å². The number of ether oxygens (including phenoxy) is 2. The summed E-state index contributed by atoms with van der Waals surface area (Å²) in [6.07, 6.45) is 1.81. The van der Waals surface area contributed by atoms with Gasteiger partial charge in [-0.05, 0) is 62.0 Å². The van der Waals surface area contributed by atoms with Gasteiger partial charge in [0.25, 0.3) is 0 Å². The number of methoxy groups -OCH3 is 2. The first kappa shape index (κ1) is 19.3. The number of aryl methyl sites for hydroxylation is 2. The Morgan fingerprint density at radius 2 is 1.90 bits per heavy atom. The number of pyridine rings is 1. The third-order valence-corrected chi connectivity index (χ3v) is 5.57. The van der Waals surface area contributed by atoms with Gasteiger partial charge in [0.05, 0.1) is 37.7 Å².